The van der Waals surface area contributed by atoms with Crippen LogP contribution in [0.4, 0.5) is 0 Å². The first-order valence-electron chi connectivity index (χ1n) is 11.3. The van der Waals surface area contributed by atoms with E-state index in [-0.39, 0.29) is 35.9 Å². The van der Waals surface area contributed by atoms with Crippen molar-refractivity contribution in [1.29, 1.82) is 0 Å². The van der Waals surface area contributed by atoms with Gasteiger partial charge in [0, 0.05) is 45.7 Å². The summed E-state index contributed by atoms with van der Waals surface area (Å²) in [6.45, 7) is 15.1. The van der Waals surface area contributed by atoms with E-state index in [0.717, 1.165) is 51.9 Å². The smallest absolute Gasteiger partial charge is 0.224 e. The van der Waals surface area contributed by atoms with Gasteiger partial charge in [0.15, 0.2) is 5.96 Å². The average molecular weight is 546 g/mol. The number of ether oxygens (including phenoxy) is 1. The SMILES string of the molecule is CCNC(=NCC(c1ccc(C)cc1)N1CCOCC1)NCCC(=O)N(CC)CC.I. The van der Waals surface area contributed by atoms with Gasteiger partial charge >= 0.3 is 0 Å². The molecule has 1 aromatic rings. The number of carbonyl (C=O) groups is 1. The van der Waals surface area contributed by atoms with Crippen LogP contribution in [-0.2, 0) is 9.53 Å². The molecule has 0 radical (unpaired) electrons. The number of nitrogens with zero attached hydrogens (tertiary/aromatic N) is 3. The molecular weight excluding hydrogens is 505 g/mol. The molecule has 7 nitrogen and oxygen atoms in total. The number of aryl methyl sites for hydroxylation is 1. The number of amides is 1. The fourth-order valence-corrected chi connectivity index (χ4v) is 3.65. The molecule has 1 aromatic carbocycles. The Morgan fingerprint density at radius 2 is 1.77 bits per heavy atom. The van der Waals surface area contributed by atoms with Crippen LogP contribution in [0.5, 0.6) is 0 Å². The Morgan fingerprint density at radius 1 is 1.13 bits per heavy atom. The molecule has 0 spiro atoms. The highest BCUT2D eigenvalue weighted by Gasteiger charge is 2.22. The zero-order valence-corrected chi connectivity index (χ0v) is 21.9. The maximum atomic E-state index is 12.2. The first-order valence-corrected chi connectivity index (χ1v) is 11.3. The van der Waals surface area contributed by atoms with Crippen LogP contribution < -0.4 is 10.6 Å². The third-order valence-corrected chi connectivity index (χ3v) is 5.46. The number of guanidine groups is 1. The summed E-state index contributed by atoms with van der Waals surface area (Å²) >= 11 is 0. The Morgan fingerprint density at radius 3 is 2.35 bits per heavy atom. The largest absolute Gasteiger partial charge is 0.379 e. The van der Waals surface area contributed by atoms with E-state index in [1.807, 2.05) is 18.7 Å². The average Bonchev–Trinajstić information content (AvgIpc) is 2.76. The Hall–Kier alpha value is -1.39. The summed E-state index contributed by atoms with van der Waals surface area (Å²) in [7, 11) is 0. The standard InChI is InChI=1S/C23H39N5O2.HI/c1-5-24-23(25-13-12-22(29)27(6-2)7-3)26-18-21(28-14-16-30-17-15-28)20-10-8-19(4)9-11-20;/h8-11,21H,5-7,12-18H2,1-4H3,(H2,24,25,26);1H. The number of nitrogens with one attached hydrogen (secondary N) is 2. The van der Waals surface area contributed by atoms with Gasteiger partial charge in [-0.05, 0) is 33.3 Å². The molecule has 1 aliphatic heterocycles. The molecule has 0 aromatic heterocycles. The molecule has 1 atom stereocenters. The molecular formula is C23H40IN5O2. The zero-order chi connectivity index (χ0) is 21.8. The number of halogens is 1. The predicted octanol–water partition coefficient (Wildman–Crippen LogP) is 2.80. The van der Waals surface area contributed by atoms with Crippen LogP contribution in [0, 0.1) is 6.92 Å². The van der Waals surface area contributed by atoms with E-state index in [2.05, 4.69) is 53.6 Å². The minimum Gasteiger partial charge on any atom is -0.379 e. The quantitative estimate of drug-likeness (QED) is 0.269. The van der Waals surface area contributed by atoms with Gasteiger partial charge in [-0.1, -0.05) is 29.8 Å². The second-order valence-corrected chi connectivity index (χ2v) is 7.54. The molecule has 1 amide bonds. The van der Waals surface area contributed by atoms with Crippen molar-refractivity contribution in [2.45, 2.75) is 40.2 Å². The molecule has 31 heavy (non-hydrogen) atoms. The van der Waals surface area contributed by atoms with E-state index in [1.165, 1.54) is 11.1 Å². The third kappa shape index (κ3) is 9.33. The number of hydrogen-bond donors (Lipinski definition) is 2. The van der Waals surface area contributed by atoms with Gasteiger partial charge in [-0.25, -0.2) is 0 Å². The molecule has 1 unspecified atom stereocenters. The van der Waals surface area contributed by atoms with Crippen molar-refractivity contribution in [2.75, 3.05) is 59.0 Å². The maximum absolute atomic E-state index is 12.2. The van der Waals surface area contributed by atoms with Crippen molar-refractivity contribution in [3.63, 3.8) is 0 Å². The van der Waals surface area contributed by atoms with E-state index >= 15 is 0 Å². The number of rotatable bonds is 10. The summed E-state index contributed by atoms with van der Waals surface area (Å²) in [4.78, 5) is 21.4. The van der Waals surface area contributed by atoms with Crippen molar-refractivity contribution in [2.24, 2.45) is 4.99 Å². The van der Waals surface area contributed by atoms with Crippen molar-refractivity contribution in [3.05, 3.63) is 35.4 Å². The van der Waals surface area contributed by atoms with Crippen molar-refractivity contribution in [3.8, 4) is 0 Å². The highest BCUT2D eigenvalue weighted by atomic mass is 127. The van der Waals surface area contributed by atoms with Crippen molar-refractivity contribution in [1.82, 2.24) is 20.4 Å². The molecule has 1 aliphatic rings. The zero-order valence-electron chi connectivity index (χ0n) is 19.5. The van der Waals surface area contributed by atoms with Gasteiger partial charge in [-0.2, -0.15) is 0 Å². The van der Waals surface area contributed by atoms with Gasteiger partial charge < -0.3 is 20.3 Å². The van der Waals surface area contributed by atoms with Gasteiger partial charge in [-0.15, -0.1) is 24.0 Å². The van der Waals surface area contributed by atoms with Crippen LogP contribution in [0.3, 0.4) is 0 Å². The van der Waals surface area contributed by atoms with Crippen LogP contribution >= 0.6 is 24.0 Å². The normalized spacial score (nSPS) is 15.7. The molecule has 1 saturated heterocycles. The van der Waals surface area contributed by atoms with Crippen LogP contribution in [0.1, 0.15) is 44.4 Å². The lowest BCUT2D eigenvalue weighted by atomic mass is 10.0. The molecule has 176 valence electrons. The number of morpholine rings is 1. The molecule has 1 heterocycles. The molecule has 2 rings (SSSR count). The number of carbonyl (C=O) groups excluding carboxylic acids is 1. The first kappa shape index (κ1) is 27.6. The third-order valence-electron chi connectivity index (χ3n) is 5.46. The van der Waals surface area contributed by atoms with E-state index in [4.69, 9.17) is 9.73 Å². The molecule has 0 saturated carbocycles. The van der Waals surface area contributed by atoms with Crippen LogP contribution in [0.2, 0.25) is 0 Å². The Labute approximate surface area is 205 Å². The summed E-state index contributed by atoms with van der Waals surface area (Å²) in [5.74, 6) is 0.935. The van der Waals surface area contributed by atoms with Crippen LogP contribution in [0.25, 0.3) is 0 Å². The minimum absolute atomic E-state index is 0. The molecule has 8 heteroatoms. The van der Waals surface area contributed by atoms with E-state index < -0.39 is 0 Å². The topological polar surface area (TPSA) is 69.2 Å². The molecule has 1 fully saturated rings. The number of hydrogen-bond acceptors (Lipinski definition) is 4. The minimum atomic E-state index is 0. The monoisotopic (exact) mass is 545 g/mol. The van der Waals surface area contributed by atoms with Crippen molar-refractivity contribution >= 4 is 35.8 Å². The fourth-order valence-electron chi connectivity index (χ4n) is 3.65. The summed E-state index contributed by atoms with van der Waals surface area (Å²) < 4.78 is 5.54. The molecule has 2 N–H and O–H groups in total. The summed E-state index contributed by atoms with van der Waals surface area (Å²) in [6.07, 6.45) is 0.469. The summed E-state index contributed by atoms with van der Waals surface area (Å²) in [5.41, 5.74) is 2.54. The van der Waals surface area contributed by atoms with Gasteiger partial charge in [0.25, 0.3) is 0 Å². The Bertz CT molecular complexity index is 658. The predicted molar refractivity (Wildman–Crippen MR) is 138 cm³/mol. The highest BCUT2D eigenvalue weighted by molar-refractivity contribution is 14.0. The summed E-state index contributed by atoms with van der Waals surface area (Å²) in [6, 6.07) is 8.94. The second kappa shape index (κ2) is 15.4. The maximum Gasteiger partial charge on any atom is 0.224 e. The van der Waals surface area contributed by atoms with E-state index in [1.54, 1.807) is 0 Å². The van der Waals surface area contributed by atoms with E-state index in [9.17, 15) is 4.79 Å². The van der Waals surface area contributed by atoms with Gasteiger partial charge in [-0.3, -0.25) is 14.7 Å². The number of benzene rings is 1. The molecule has 0 bridgehead atoms. The van der Waals surface area contributed by atoms with Gasteiger partial charge in [0.1, 0.15) is 0 Å². The lowest BCUT2D eigenvalue weighted by Crippen LogP contribution is -2.42. The lowest BCUT2D eigenvalue weighted by Gasteiger charge is -2.34. The first-order chi connectivity index (χ1) is 14.6. The number of aliphatic imine (C=N–C) groups is 1. The summed E-state index contributed by atoms with van der Waals surface area (Å²) in [5, 5.41) is 6.62. The van der Waals surface area contributed by atoms with Gasteiger partial charge in [0.05, 0.1) is 25.8 Å². The van der Waals surface area contributed by atoms with Gasteiger partial charge in [0.2, 0.25) is 5.91 Å². The van der Waals surface area contributed by atoms with Crippen molar-refractivity contribution < 1.29 is 9.53 Å². The molecule has 0 aliphatic carbocycles. The Balaban J connectivity index is 0.00000480. The van der Waals surface area contributed by atoms with E-state index in [0.29, 0.717) is 19.5 Å². The van der Waals surface area contributed by atoms with Crippen LogP contribution in [0.15, 0.2) is 29.3 Å². The highest BCUT2D eigenvalue weighted by Crippen LogP contribution is 2.22. The Kier molecular flexibility index (Phi) is 13.7. The van der Waals surface area contributed by atoms with Crippen LogP contribution in [-0.4, -0.2) is 80.7 Å². The lowest BCUT2D eigenvalue weighted by molar-refractivity contribution is -0.130. The second-order valence-electron chi connectivity index (χ2n) is 7.54. The fraction of sp³-hybridized carbons (Fsp3) is 0.652.